The number of hydrogen-bond donors (Lipinski definition) is 2. The summed E-state index contributed by atoms with van der Waals surface area (Å²) in [6, 6.07) is 7.33. The van der Waals surface area contributed by atoms with Crippen molar-refractivity contribution in [1.29, 1.82) is 0 Å². The molecular weight excluding hydrogens is 270 g/mol. The van der Waals surface area contributed by atoms with Crippen molar-refractivity contribution in [3.8, 4) is 0 Å². The van der Waals surface area contributed by atoms with E-state index < -0.39 is 11.4 Å². The van der Waals surface area contributed by atoms with E-state index in [1.807, 2.05) is 18.2 Å². The van der Waals surface area contributed by atoms with Gasteiger partial charge < -0.3 is 15.2 Å². The first-order chi connectivity index (χ1) is 9.97. The maximum atomic E-state index is 12.1. The average Bonchev–Trinajstić information content (AvgIpc) is 2.45. The van der Waals surface area contributed by atoms with Crippen LogP contribution in [-0.4, -0.2) is 24.1 Å². The molecule has 1 amide bonds. The highest BCUT2D eigenvalue weighted by Gasteiger charge is 2.37. The third-order valence-corrected chi connectivity index (χ3v) is 3.83. The first-order valence-electron chi connectivity index (χ1n) is 7.08. The molecule has 0 radical (unpaired) electrons. The van der Waals surface area contributed by atoms with E-state index in [1.54, 1.807) is 27.0 Å². The SMILES string of the molecule is CCC(CC)(CC(=O)Nc1cccc(COC)c1)C(=O)O. The van der Waals surface area contributed by atoms with Crippen molar-refractivity contribution < 1.29 is 19.4 Å². The summed E-state index contributed by atoms with van der Waals surface area (Å²) in [5, 5.41) is 12.1. The molecule has 0 saturated carbocycles. The zero-order chi connectivity index (χ0) is 15.9. The smallest absolute Gasteiger partial charge is 0.310 e. The molecule has 0 aliphatic carbocycles. The Hall–Kier alpha value is -1.88. The van der Waals surface area contributed by atoms with Crippen LogP contribution in [0.5, 0.6) is 0 Å². The van der Waals surface area contributed by atoms with Crippen molar-refractivity contribution in [3.63, 3.8) is 0 Å². The number of methoxy groups -OCH3 is 1. The van der Waals surface area contributed by atoms with Gasteiger partial charge in [0.25, 0.3) is 0 Å². The number of benzene rings is 1. The second-order valence-corrected chi connectivity index (χ2v) is 5.15. The van der Waals surface area contributed by atoms with Crippen LogP contribution in [0.4, 0.5) is 5.69 Å². The first-order valence-corrected chi connectivity index (χ1v) is 7.08. The Labute approximate surface area is 125 Å². The van der Waals surface area contributed by atoms with E-state index in [2.05, 4.69) is 5.32 Å². The number of anilines is 1. The van der Waals surface area contributed by atoms with E-state index in [9.17, 15) is 14.7 Å². The number of carbonyl (C=O) groups excluding carboxylic acids is 1. The minimum Gasteiger partial charge on any atom is -0.481 e. The molecule has 0 fully saturated rings. The van der Waals surface area contributed by atoms with Crippen LogP contribution in [0.25, 0.3) is 0 Å². The lowest BCUT2D eigenvalue weighted by atomic mass is 9.79. The van der Waals surface area contributed by atoms with E-state index in [0.717, 1.165) is 5.56 Å². The molecule has 5 heteroatoms. The Morgan fingerprint density at radius 3 is 2.48 bits per heavy atom. The molecule has 0 saturated heterocycles. The zero-order valence-corrected chi connectivity index (χ0v) is 12.8. The molecule has 21 heavy (non-hydrogen) atoms. The highest BCUT2D eigenvalue weighted by Crippen LogP contribution is 2.31. The molecule has 0 atom stereocenters. The molecule has 0 spiro atoms. The van der Waals surface area contributed by atoms with Gasteiger partial charge in [0.15, 0.2) is 0 Å². The molecule has 116 valence electrons. The number of carbonyl (C=O) groups is 2. The van der Waals surface area contributed by atoms with Crippen molar-refractivity contribution in [2.75, 3.05) is 12.4 Å². The van der Waals surface area contributed by atoms with Crippen molar-refractivity contribution in [2.24, 2.45) is 5.41 Å². The number of carboxylic acids is 1. The summed E-state index contributed by atoms with van der Waals surface area (Å²) in [4.78, 5) is 23.5. The largest absolute Gasteiger partial charge is 0.481 e. The van der Waals surface area contributed by atoms with E-state index in [0.29, 0.717) is 25.1 Å². The Morgan fingerprint density at radius 2 is 1.95 bits per heavy atom. The summed E-state index contributed by atoms with van der Waals surface area (Å²) < 4.78 is 5.04. The summed E-state index contributed by atoms with van der Waals surface area (Å²) in [5.74, 6) is -1.20. The summed E-state index contributed by atoms with van der Waals surface area (Å²) in [6.45, 7) is 4.06. The van der Waals surface area contributed by atoms with Crippen LogP contribution < -0.4 is 5.32 Å². The van der Waals surface area contributed by atoms with Crippen molar-refractivity contribution in [1.82, 2.24) is 0 Å². The van der Waals surface area contributed by atoms with Gasteiger partial charge in [-0.15, -0.1) is 0 Å². The van der Waals surface area contributed by atoms with Crippen molar-refractivity contribution in [2.45, 2.75) is 39.7 Å². The zero-order valence-electron chi connectivity index (χ0n) is 12.8. The third kappa shape index (κ3) is 4.56. The molecule has 1 aromatic carbocycles. The van der Waals surface area contributed by atoms with Gasteiger partial charge in [0, 0.05) is 19.2 Å². The fourth-order valence-electron chi connectivity index (χ4n) is 2.30. The fraction of sp³-hybridized carbons (Fsp3) is 0.500. The lowest BCUT2D eigenvalue weighted by Crippen LogP contribution is -2.34. The lowest BCUT2D eigenvalue weighted by Gasteiger charge is -2.25. The maximum Gasteiger partial charge on any atom is 0.310 e. The molecule has 0 heterocycles. The molecule has 5 nitrogen and oxygen atoms in total. The van der Waals surface area contributed by atoms with Crippen LogP contribution in [0.15, 0.2) is 24.3 Å². The van der Waals surface area contributed by atoms with Gasteiger partial charge in [-0.25, -0.2) is 0 Å². The molecule has 0 aromatic heterocycles. The van der Waals surface area contributed by atoms with E-state index in [1.165, 1.54) is 0 Å². The van der Waals surface area contributed by atoms with Gasteiger partial charge in [0.2, 0.25) is 5.91 Å². The number of nitrogens with one attached hydrogen (secondary N) is 1. The van der Waals surface area contributed by atoms with Gasteiger partial charge >= 0.3 is 5.97 Å². The number of carboxylic acid groups (broad SMARTS) is 1. The Morgan fingerprint density at radius 1 is 1.29 bits per heavy atom. The fourth-order valence-corrected chi connectivity index (χ4v) is 2.30. The predicted molar refractivity (Wildman–Crippen MR) is 81.1 cm³/mol. The second kappa shape index (κ2) is 7.78. The summed E-state index contributed by atoms with van der Waals surface area (Å²) in [6.07, 6.45) is 0.829. The molecule has 1 rings (SSSR count). The summed E-state index contributed by atoms with van der Waals surface area (Å²) in [5.41, 5.74) is 0.612. The van der Waals surface area contributed by atoms with Crippen LogP contribution in [0, 0.1) is 5.41 Å². The Kier molecular flexibility index (Phi) is 6.37. The van der Waals surface area contributed by atoms with Crippen LogP contribution >= 0.6 is 0 Å². The quantitative estimate of drug-likeness (QED) is 0.772. The minimum absolute atomic E-state index is 0.0240. The van der Waals surface area contributed by atoms with Crippen LogP contribution in [0.2, 0.25) is 0 Å². The molecule has 0 aliphatic rings. The van der Waals surface area contributed by atoms with Gasteiger partial charge in [0.1, 0.15) is 0 Å². The molecule has 0 bridgehead atoms. The topological polar surface area (TPSA) is 75.6 Å². The summed E-state index contributed by atoms with van der Waals surface area (Å²) >= 11 is 0. The molecular formula is C16H23NO4. The number of amides is 1. The van der Waals surface area contributed by atoms with E-state index in [-0.39, 0.29) is 12.3 Å². The molecule has 0 aliphatic heterocycles. The molecule has 2 N–H and O–H groups in total. The van der Waals surface area contributed by atoms with Crippen LogP contribution in [0.3, 0.4) is 0 Å². The third-order valence-electron chi connectivity index (χ3n) is 3.83. The van der Waals surface area contributed by atoms with Crippen LogP contribution in [0.1, 0.15) is 38.7 Å². The monoisotopic (exact) mass is 293 g/mol. The maximum absolute atomic E-state index is 12.1. The van der Waals surface area contributed by atoms with Crippen molar-refractivity contribution >= 4 is 17.6 Å². The van der Waals surface area contributed by atoms with Gasteiger partial charge in [-0.1, -0.05) is 26.0 Å². The number of hydrogen-bond acceptors (Lipinski definition) is 3. The predicted octanol–water partition coefficient (Wildman–Crippen LogP) is 3.05. The normalized spacial score (nSPS) is 11.2. The van der Waals surface area contributed by atoms with Gasteiger partial charge in [-0.2, -0.15) is 0 Å². The highest BCUT2D eigenvalue weighted by molar-refractivity contribution is 5.94. The lowest BCUT2D eigenvalue weighted by molar-refractivity contribution is -0.151. The van der Waals surface area contributed by atoms with Gasteiger partial charge in [0.05, 0.1) is 12.0 Å². The number of rotatable bonds is 8. The Bertz CT molecular complexity index is 495. The first kappa shape index (κ1) is 17.2. The van der Waals surface area contributed by atoms with Crippen molar-refractivity contribution in [3.05, 3.63) is 29.8 Å². The molecule has 0 unspecified atom stereocenters. The molecule has 1 aromatic rings. The van der Waals surface area contributed by atoms with Gasteiger partial charge in [-0.05, 0) is 30.5 Å². The van der Waals surface area contributed by atoms with E-state index in [4.69, 9.17) is 4.74 Å². The highest BCUT2D eigenvalue weighted by atomic mass is 16.5. The Balaban J connectivity index is 2.77. The number of aliphatic carboxylic acids is 1. The average molecular weight is 293 g/mol. The van der Waals surface area contributed by atoms with Crippen LogP contribution in [-0.2, 0) is 20.9 Å². The number of ether oxygens (including phenoxy) is 1. The summed E-state index contributed by atoms with van der Waals surface area (Å²) in [7, 11) is 1.61. The second-order valence-electron chi connectivity index (χ2n) is 5.15. The standard InChI is InChI=1S/C16H23NO4/c1-4-16(5-2,15(19)20)10-14(18)17-13-8-6-7-12(9-13)11-21-3/h6-9H,4-5,10-11H2,1-3H3,(H,17,18)(H,19,20). The van der Waals surface area contributed by atoms with Gasteiger partial charge in [-0.3, -0.25) is 9.59 Å². The van der Waals surface area contributed by atoms with E-state index >= 15 is 0 Å². The minimum atomic E-state index is -0.992.